The first kappa shape index (κ1) is 28.3. The highest BCUT2D eigenvalue weighted by atomic mass is 32.2. The fraction of sp³-hybridized carbons (Fsp3) is 0.429. The van der Waals surface area contributed by atoms with Crippen LogP contribution in [0.5, 0.6) is 0 Å². The van der Waals surface area contributed by atoms with Crippen molar-refractivity contribution < 1.29 is 26.4 Å². The Morgan fingerprint density at radius 3 is 2.50 bits per heavy atom. The lowest BCUT2D eigenvalue weighted by molar-refractivity contribution is 0.102. The van der Waals surface area contributed by atoms with E-state index in [1.165, 1.54) is 12.5 Å². The van der Waals surface area contributed by atoms with Crippen molar-refractivity contribution in [2.45, 2.75) is 75.4 Å². The molecule has 2 aromatic carbocycles. The molecule has 2 aliphatic rings. The van der Waals surface area contributed by atoms with Gasteiger partial charge in [-0.1, -0.05) is 45.2 Å². The van der Waals surface area contributed by atoms with E-state index in [0.717, 1.165) is 42.1 Å². The van der Waals surface area contributed by atoms with E-state index in [4.69, 9.17) is 0 Å². The van der Waals surface area contributed by atoms with Crippen LogP contribution >= 0.6 is 0 Å². The van der Waals surface area contributed by atoms with Crippen molar-refractivity contribution in [3.05, 3.63) is 76.2 Å². The summed E-state index contributed by atoms with van der Waals surface area (Å²) in [5.41, 5.74) is 0.605. The molecule has 0 radical (unpaired) electrons. The number of hydrogen-bond acceptors (Lipinski definition) is 5. The minimum absolute atomic E-state index is 0.000340. The van der Waals surface area contributed by atoms with E-state index in [1.54, 1.807) is 26.0 Å². The maximum absolute atomic E-state index is 15.0. The molecule has 8 nitrogen and oxygen atoms in total. The van der Waals surface area contributed by atoms with E-state index in [2.05, 4.69) is 20.8 Å². The Morgan fingerprint density at radius 1 is 1.10 bits per heavy atom. The predicted molar refractivity (Wildman–Crippen MR) is 144 cm³/mol. The van der Waals surface area contributed by atoms with Crippen LogP contribution in [-0.4, -0.2) is 41.4 Å². The molecule has 1 aliphatic carbocycles. The molecular weight excluding hydrogens is 543 g/mol. The number of halogens is 3. The van der Waals surface area contributed by atoms with Gasteiger partial charge in [-0.15, -0.1) is 0 Å². The first-order valence-electron chi connectivity index (χ1n) is 13.3. The monoisotopic (exact) mass is 575 g/mol. The number of aromatic nitrogens is 2. The van der Waals surface area contributed by atoms with Gasteiger partial charge in [0.1, 0.15) is 17.5 Å². The molecule has 1 aromatic heterocycles. The third-order valence-electron chi connectivity index (χ3n) is 7.67. The summed E-state index contributed by atoms with van der Waals surface area (Å²) in [5.74, 6) is -3.34. The van der Waals surface area contributed by atoms with Crippen molar-refractivity contribution >= 4 is 21.7 Å². The van der Waals surface area contributed by atoms with Crippen molar-refractivity contribution in [2.24, 2.45) is 0 Å². The van der Waals surface area contributed by atoms with Crippen LogP contribution in [0.15, 0.2) is 41.3 Å². The van der Waals surface area contributed by atoms with Gasteiger partial charge in [0.15, 0.2) is 5.82 Å². The normalized spacial score (nSPS) is 17.9. The number of rotatable bonds is 7. The number of hydrogen-bond donors (Lipinski definition) is 3. The number of benzene rings is 2. The predicted octanol–water partition coefficient (Wildman–Crippen LogP) is 4.98. The Bertz CT molecular complexity index is 1510. The minimum Gasteiger partial charge on any atom is -0.310 e. The molecule has 0 spiro atoms. The standard InChI is InChI=1S/C28H32F3N5O3S/c1-28(2)16-36(40(38,39)21-12-18(29)11-19(30)13-21)15-22-25(28)34-35-26(22)33-27(37)24-17(7-6-10-23(24)31)14-32-20-8-4-3-5-9-20/h6-7,10-13,20,32H,3-5,8-9,14-16H2,1-2H3,(H2,33,34,35,37). The number of amides is 1. The Kier molecular flexibility index (Phi) is 7.77. The van der Waals surface area contributed by atoms with E-state index in [9.17, 15) is 26.4 Å². The summed E-state index contributed by atoms with van der Waals surface area (Å²) in [4.78, 5) is 12.9. The highest BCUT2D eigenvalue weighted by Gasteiger charge is 2.41. The summed E-state index contributed by atoms with van der Waals surface area (Å²) >= 11 is 0. The molecule has 12 heteroatoms. The molecular formula is C28H32F3N5O3S. The van der Waals surface area contributed by atoms with Crippen molar-refractivity contribution in [3.63, 3.8) is 0 Å². The molecule has 3 N–H and O–H groups in total. The molecule has 1 fully saturated rings. The van der Waals surface area contributed by atoms with Crippen LogP contribution in [0.2, 0.25) is 0 Å². The number of anilines is 1. The van der Waals surface area contributed by atoms with E-state index >= 15 is 0 Å². The molecule has 0 unspecified atom stereocenters. The molecule has 1 amide bonds. The van der Waals surface area contributed by atoms with Crippen LogP contribution < -0.4 is 10.6 Å². The zero-order chi connectivity index (χ0) is 28.7. The lowest BCUT2D eigenvalue weighted by Gasteiger charge is -2.36. The van der Waals surface area contributed by atoms with Gasteiger partial charge in [-0.3, -0.25) is 9.89 Å². The van der Waals surface area contributed by atoms with Gasteiger partial charge in [-0.2, -0.15) is 9.40 Å². The van der Waals surface area contributed by atoms with E-state index in [0.29, 0.717) is 35.5 Å². The number of carbonyl (C=O) groups is 1. The van der Waals surface area contributed by atoms with Crippen LogP contribution in [0, 0.1) is 17.5 Å². The largest absolute Gasteiger partial charge is 0.310 e. The minimum atomic E-state index is -4.30. The maximum Gasteiger partial charge on any atom is 0.260 e. The third kappa shape index (κ3) is 5.65. The average Bonchev–Trinajstić information content (AvgIpc) is 3.30. The number of carbonyl (C=O) groups excluding carboxylic acids is 1. The Balaban J connectivity index is 1.41. The number of nitrogens with one attached hydrogen (secondary N) is 3. The van der Waals surface area contributed by atoms with Crippen molar-refractivity contribution in [1.82, 2.24) is 19.8 Å². The van der Waals surface area contributed by atoms with Gasteiger partial charge in [0.2, 0.25) is 10.0 Å². The van der Waals surface area contributed by atoms with E-state index in [-0.39, 0.29) is 24.5 Å². The summed E-state index contributed by atoms with van der Waals surface area (Å²) in [6.07, 6.45) is 5.54. The van der Waals surface area contributed by atoms with Gasteiger partial charge in [0.25, 0.3) is 5.91 Å². The topological polar surface area (TPSA) is 107 Å². The lowest BCUT2D eigenvalue weighted by Crippen LogP contribution is -2.45. The van der Waals surface area contributed by atoms with Gasteiger partial charge in [0.05, 0.1) is 10.5 Å². The smallest absolute Gasteiger partial charge is 0.260 e. The Morgan fingerprint density at radius 2 is 1.80 bits per heavy atom. The van der Waals surface area contributed by atoms with Gasteiger partial charge < -0.3 is 10.6 Å². The number of nitrogens with zero attached hydrogens (tertiary/aromatic N) is 2. The highest BCUT2D eigenvalue weighted by molar-refractivity contribution is 7.89. The van der Waals surface area contributed by atoms with Crippen LogP contribution in [0.25, 0.3) is 0 Å². The zero-order valence-electron chi connectivity index (χ0n) is 22.4. The molecule has 3 aromatic rings. The zero-order valence-corrected chi connectivity index (χ0v) is 23.2. The second-order valence-corrected chi connectivity index (χ2v) is 13.1. The quantitative estimate of drug-likeness (QED) is 0.368. The van der Waals surface area contributed by atoms with Crippen molar-refractivity contribution in [1.29, 1.82) is 0 Å². The average molecular weight is 576 g/mol. The molecule has 1 aliphatic heterocycles. The molecule has 214 valence electrons. The van der Waals surface area contributed by atoms with Crippen LogP contribution in [0.3, 0.4) is 0 Å². The van der Waals surface area contributed by atoms with Crippen LogP contribution in [0.4, 0.5) is 19.0 Å². The second-order valence-electron chi connectivity index (χ2n) is 11.1. The number of fused-ring (bicyclic) bond motifs is 1. The van der Waals surface area contributed by atoms with Gasteiger partial charge in [0, 0.05) is 48.4 Å². The van der Waals surface area contributed by atoms with Crippen LogP contribution in [-0.2, 0) is 28.5 Å². The van der Waals surface area contributed by atoms with E-state index in [1.807, 2.05) is 0 Å². The van der Waals surface area contributed by atoms with Gasteiger partial charge in [-0.25, -0.2) is 21.6 Å². The summed E-state index contributed by atoms with van der Waals surface area (Å²) in [7, 11) is -4.30. The molecule has 1 saturated carbocycles. The van der Waals surface area contributed by atoms with Crippen molar-refractivity contribution in [3.8, 4) is 0 Å². The molecule has 2 heterocycles. The molecule has 0 bridgehead atoms. The number of sulfonamides is 1. The second kappa shape index (κ2) is 11.0. The number of H-pyrrole nitrogens is 1. The maximum atomic E-state index is 15.0. The van der Waals surface area contributed by atoms with Gasteiger partial charge in [-0.05, 0) is 36.6 Å². The van der Waals surface area contributed by atoms with Crippen LogP contribution in [0.1, 0.15) is 73.1 Å². The fourth-order valence-electron chi connectivity index (χ4n) is 5.63. The molecule has 5 rings (SSSR count). The summed E-state index contributed by atoms with van der Waals surface area (Å²) in [6.45, 7) is 3.69. The Hall–Kier alpha value is -3.22. The molecule has 0 saturated heterocycles. The summed E-state index contributed by atoms with van der Waals surface area (Å²) < 4.78 is 70.5. The first-order valence-corrected chi connectivity index (χ1v) is 14.8. The SMILES string of the molecule is CC1(C)CN(S(=O)(=O)c2cc(F)cc(F)c2)Cc2c(NC(=O)c3c(F)cccc3CNC3CCCCC3)n[nH]c21. The fourth-order valence-corrected chi connectivity index (χ4v) is 7.25. The summed E-state index contributed by atoms with van der Waals surface area (Å²) in [5, 5.41) is 13.2. The molecule has 40 heavy (non-hydrogen) atoms. The van der Waals surface area contributed by atoms with Gasteiger partial charge >= 0.3 is 0 Å². The number of aromatic amines is 1. The summed E-state index contributed by atoms with van der Waals surface area (Å²) in [6, 6.07) is 6.91. The Labute approximate surface area is 231 Å². The molecule has 0 atom stereocenters. The first-order chi connectivity index (χ1) is 19.0. The van der Waals surface area contributed by atoms with Crippen molar-refractivity contribution in [2.75, 3.05) is 11.9 Å². The van der Waals surface area contributed by atoms with E-state index < -0.39 is 43.7 Å². The highest BCUT2D eigenvalue weighted by Crippen LogP contribution is 2.38. The third-order valence-corrected chi connectivity index (χ3v) is 9.44. The lowest BCUT2D eigenvalue weighted by atomic mass is 9.84.